The minimum absolute atomic E-state index is 0.0329. The fourth-order valence-corrected chi connectivity index (χ4v) is 4.73. The van der Waals surface area contributed by atoms with Crippen LogP contribution in [0.3, 0.4) is 0 Å². The molecule has 4 rings (SSSR count). The number of allylic oxidation sites excluding steroid dienone is 7. The van der Waals surface area contributed by atoms with E-state index < -0.39 is 0 Å². The molecule has 0 heterocycles. The van der Waals surface area contributed by atoms with Gasteiger partial charge >= 0.3 is 0 Å². The summed E-state index contributed by atoms with van der Waals surface area (Å²) in [5.41, 5.74) is 4.95. The molecule has 1 fully saturated rings. The molecule has 5 atom stereocenters. The maximum absolute atomic E-state index is 8.15. The number of ether oxygens (including phenoxy) is 2. The summed E-state index contributed by atoms with van der Waals surface area (Å²) in [4.78, 5) is 4.89. The highest BCUT2D eigenvalue weighted by Gasteiger charge is 2.60. The highest BCUT2D eigenvalue weighted by Crippen LogP contribution is 2.68. The standard InChI is InChI=1S/C24H30N2O2/c1-14-10-18-17(14)12-19(18)24(4)20(13-28-16(3)11-15(2)27-5)23(24)26-22-9-7-6-8-21(22)25/h6-9,11-12,14-15,17-18,25H,10,13H2,1-5H3/b16-11-,25-21?,26-22?/t14-,15?,17?,18?,24?/m0/s1. The fourth-order valence-electron chi connectivity index (χ4n) is 4.73. The molecular formula is C24H30N2O2. The minimum atomic E-state index is -0.100. The van der Waals surface area contributed by atoms with Crippen LogP contribution in [0.1, 0.15) is 34.1 Å². The lowest BCUT2D eigenvalue weighted by Crippen LogP contribution is -2.44. The molecule has 4 nitrogen and oxygen atoms in total. The van der Waals surface area contributed by atoms with Gasteiger partial charge in [0.2, 0.25) is 0 Å². The average Bonchev–Trinajstić information content (AvgIpc) is 3.22. The van der Waals surface area contributed by atoms with Crippen molar-refractivity contribution in [1.29, 1.82) is 5.41 Å². The van der Waals surface area contributed by atoms with Crippen molar-refractivity contribution in [2.45, 2.75) is 40.2 Å². The summed E-state index contributed by atoms with van der Waals surface area (Å²) in [5.74, 6) is 3.14. The molecule has 0 aromatic rings. The summed E-state index contributed by atoms with van der Waals surface area (Å²) in [6, 6.07) is 0. The van der Waals surface area contributed by atoms with Crippen LogP contribution < -0.4 is 0 Å². The molecule has 4 heteroatoms. The quantitative estimate of drug-likeness (QED) is 0.384. The second kappa shape index (κ2) is 7.00. The Labute approximate surface area is 167 Å². The molecule has 28 heavy (non-hydrogen) atoms. The molecule has 0 amide bonds. The Morgan fingerprint density at radius 3 is 2.75 bits per heavy atom. The largest absolute Gasteiger partial charge is 0.494 e. The van der Waals surface area contributed by atoms with Crippen LogP contribution in [0.5, 0.6) is 0 Å². The van der Waals surface area contributed by atoms with E-state index in [1.54, 1.807) is 13.2 Å². The van der Waals surface area contributed by atoms with Crippen LogP contribution in [0.2, 0.25) is 0 Å². The number of nitrogens with zero attached hydrogens (tertiary/aromatic N) is 1. The summed E-state index contributed by atoms with van der Waals surface area (Å²) >= 11 is 0. The number of nitrogens with one attached hydrogen (secondary N) is 1. The molecule has 148 valence electrons. The van der Waals surface area contributed by atoms with E-state index in [9.17, 15) is 0 Å². The Morgan fingerprint density at radius 2 is 2.14 bits per heavy atom. The number of aliphatic imine (C=N–C) groups is 1. The Morgan fingerprint density at radius 1 is 1.39 bits per heavy atom. The zero-order valence-electron chi connectivity index (χ0n) is 17.5. The third-order valence-electron chi connectivity index (χ3n) is 6.82. The molecule has 0 aromatic heterocycles. The summed E-state index contributed by atoms with van der Waals surface area (Å²) in [7, 11) is 1.70. The van der Waals surface area contributed by atoms with Crippen molar-refractivity contribution in [3.63, 3.8) is 0 Å². The number of hydrogen-bond acceptors (Lipinski definition) is 4. The zero-order chi connectivity index (χ0) is 20.1. The lowest BCUT2D eigenvalue weighted by molar-refractivity contribution is 0.111. The lowest BCUT2D eigenvalue weighted by atomic mass is 9.51. The molecule has 1 N–H and O–H groups in total. The molecule has 0 bridgehead atoms. The monoisotopic (exact) mass is 378 g/mol. The normalized spacial score (nSPS) is 36.0. The van der Waals surface area contributed by atoms with E-state index in [1.807, 2.05) is 38.2 Å². The van der Waals surface area contributed by atoms with Crippen molar-refractivity contribution in [2.24, 2.45) is 28.2 Å². The maximum Gasteiger partial charge on any atom is 0.112 e. The van der Waals surface area contributed by atoms with Gasteiger partial charge < -0.3 is 9.47 Å². The van der Waals surface area contributed by atoms with Crippen LogP contribution >= 0.6 is 0 Å². The molecule has 4 unspecified atom stereocenters. The van der Waals surface area contributed by atoms with Gasteiger partial charge in [-0.05, 0) is 63.2 Å². The molecule has 0 aliphatic heterocycles. The molecular weight excluding hydrogens is 348 g/mol. The SMILES string of the molecule is COC(C)/C=C(/C)OCC1=C(N=C2C=CC=CC2=N)C1(C)C1=CC2C1C[C@@H]2C. The average molecular weight is 379 g/mol. The second-order valence-corrected chi connectivity index (χ2v) is 8.61. The van der Waals surface area contributed by atoms with E-state index >= 15 is 0 Å². The predicted molar refractivity (Wildman–Crippen MR) is 114 cm³/mol. The smallest absolute Gasteiger partial charge is 0.112 e. The van der Waals surface area contributed by atoms with Crippen LogP contribution in [-0.4, -0.2) is 31.2 Å². The summed E-state index contributed by atoms with van der Waals surface area (Å²) < 4.78 is 11.3. The summed E-state index contributed by atoms with van der Waals surface area (Å²) in [5, 5.41) is 8.15. The molecule has 0 aromatic carbocycles. The van der Waals surface area contributed by atoms with E-state index in [2.05, 4.69) is 19.9 Å². The second-order valence-electron chi connectivity index (χ2n) is 8.61. The molecule has 0 saturated heterocycles. The topological polar surface area (TPSA) is 54.7 Å². The third kappa shape index (κ3) is 3.04. The molecule has 4 aliphatic carbocycles. The first-order valence-electron chi connectivity index (χ1n) is 10.2. The maximum atomic E-state index is 8.15. The Balaban J connectivity index is 1.56. The summed E-state index contributed by atoms with van der Waals surface area (Å²) in [6.45, 7) is 9.12. The molecule has 0 radical (unpaired) electrons. The minimum Gasteiger partial charge on any atom is -0.494 e. The highest BCUT2D eigenvalue weighted by molar-refractivity contribution is 6.50. The van der Waals surface area contributed by atoms with E-state index in [-0.39, 0.29) is 11.5 Å². The van der Waals surface area contributed by atoms with Crippen molar-refractivity contribution in [2.75, 3.05) is 13.7 Å². The number of methoxy groups -OCH3 is 1. The highest BCUT2D eigenvalue weighted by atomic mass is 16.5. The first kappa shape index (κ1) is 19.1. The Kier molecular flexibility index (Phi) is 4.78. The number of fused-ring (bicyclic) bond motifs is 1. The zero-order valence-corrected chi connectivity index (χ0v) is 17.5. The number of hydrogen-bond donors (Lipinski definition) is 1. The van der Waals surface area contributed by atoms with E-state index in [4.69, 9.17) is 19.9 Å². The Bertz CT molecular complexity index is 886. The van der Waals surface area contributed by atoms with Gasteiger partial charge in [0, 0.05) is 12.7 Å². The van der Waals surface area contributed by atoms with E-state index in [0.29, 0.717) is 18.2 Å². The van der Waals surface area contributed by atoms with Gasteiger partial charge in [-0.2, -0.15) is 0 Å². The van der Waals surface area contributed by atoms with Crippen LogP contribution in [-0.2, 0) is 9.47 Å². The van der Waals surface area contributed by atoms with Crippen LogP contribution in [0.4, 0.5) is 0 Å². The first-order chi connectivity index (χ1) is 13.4. The van der Waals surface area contributed by atoms with Gasteiger partial charge in [-0.15, -0.1) is 0 Å². The van der Waals surface area contributed by atoms with Crippen LogP contribution in [0.15, 0.2) is 64.1 Å². The van der Waals surface area contributed by atoms with Crippen molar-refractivity contribution in [3.05, 3.63) is 59.1 Å². The van der Waals surface area contributed by atoms with Gasteiger partial charge in [0.05, 0.1) is 34.4 Å². The first-order valence-corrected chi connectivity index (χ1v) is 10.2. The van der Waals surface area contributed by atoms with Gasteiger partial charge in [0.15, 0.2) is 0 Å². The number of rotatable bonds is 7. The fraction of sp³-hybridized carbons (Fsp3) is 0.500. The van der Waals surface area contributed by atoms with E-state index in [0.717, 1.165) is 29.0 Å². The summed E-state index contributed by atoms with van der Waals surface area (Å²) in [6.07, 6.45) is 13.3. The molecule has 0 spiro atoms. The van der Waals surface area contributed by atoms with Crippen molar-refractivity contribution >= 4 is 11.4 Å². The van der Waals surface area contributed by atoms with Crippen LogP contribution in [0.25, 0.3) is 0 Å². The molecule has 4 aliphatic rings. The van der Waals surface area contributed by atoms with Crippen molar-refractivity contribution in [1.82, 2.24) is 0 Å². The van der Waals surface area contributed by atoms with Gasteiger partial charge in [-0.1, -0.05) is 30.7 Å². The molecule has 1 saturated carbocycles. The van der Waals surface area contributed by atoms with Gasteiger partial charge in [-0.25, -0.2) is 4.99 Å². The van der Waals surface area contributed by atoms with Crippen LogP contribution in [0, 0.1) is 28.6 Å². The third-order valence-corrected chi connectivity index (χ3v) is 6.82. The van der Waals surface area contributed by atoms with Gasteiger partial charge in [0.25, 0.3) is 0 Å². The van der Waals surface area contributed by atoms with Crippen molar-refractivity contribution in [3.8, 4) is 0 Å². The van der Waals surface area contributed by atoms with Gasteiger partial charge in [-0.3, -0.25) is 5.41 Å². The van der Waals surface area contributed by atoms with E-state index in [1.165, 1.54) is 17.6 Å². The van der Waals surface area contributed by atoms with Gasteiger partial charge in [0.1, 0.15) is 6.61 Å². The predicted octanol–water partition coefficient (Wildman–Crippen LogP) is 5.01. The Hall–Kier alpha value is -2.20. The van der Waals surface area contributed by atoms with Crippen molar-refractivity contribution < 1.29 is 9.47 Å². The lowest BCUT2D eigenvalue weighted by Gasteiger charge is -2.53.